The standard InChI is InChI=1S/C12H15ClFN3O3/c1-7(2)16-12(18)3-4-15-10-6-9(14)8(13)5-11(10)17(19)20/h5-7,15H,3-4H2,1-2H3,(H,16,18). The largest absolute Gasteiger partial charge is 0.379 e. The molecule has 0 aliphatic rings. The van der Waals surface area contributed by atoms with Crippen LogP contribution in [-0.4, -0.2) is 23.4 Å². The molecule has 0 fully saturated rings. The molecule has 0 unspecified atom stereocenters. The van der Waals surface area contributed by atoms with Crippen LogP contribution >= 0.6 is 11.6 Å². The first-order valence-electron chi connectivity index (χ1n) is 5.98. The van der Waals surface area contributed by atoms with E-state index in [0.717, 1.165) is 12.1 Å². The molecule has 0 spiro atoms. The molecule has 8 heteroatoms. The monoisotopic (exact) mass is 303 g/mol. The van der Waals surface area contributed by atoms with E-state index in [1.807, 2.05) is 13.8 Å². The van der Waals surface area contributed by atoms with Gasteiger partial charge in [0.2, 0.25) is 5.91 Å². The molecule has 6 nitrogen and oxygen atoms in total. The first kappa shape index (κ1) is 16.2. The summed E-state index contributed by atoms with van der Waals surface area (Å²) in [7, 11) is 0. The van der Waals surface area contributed by atoms with Gasteiger partial charge in [0.1, 0.15) is 11.5 Å². The number of nitrogens with one attached hydrogen (secondary N) is 2. The fraction of sp³-hybridized carbons (Fsp3) is 0.417. The van der Waals surface area contributed by atoms with Crippen molar-refractivity contribution >= 4 is 28.9 Å². The van der Waals surface area contributed by atoms with Gasteiger partial charge in [0.05, 0.1) is 9.95 Å². The predicted molar refractivity (Wildman–Crippen MR) is 74.4 cm³/mol. The molecule has 0 aliphatic heterocycles. The van der Waals surface area contributed by atoms with Crippen LogP contribution in [0.4, 0.5) is 15.8 Å². The molecule has 1 amide bonds. The van der Waals surface area contributed by atoms with Crippen molar-refractivity contribution in [3.8, 4) is 0 Å². The number of nitro benzene ring substituents is 1. The second kappa shape index (κ2) is 7.04. The lowest BCUT2D eigenvalue weighted by molar-refractivity contribution is -0.384. The third-order valence-electron chi connectivity index (χ3n) is 2.35. The SMILES string of the molecule is CC(C)NC(=O)CCNc1cc(F)c(Cl)cc1[N+](=O)[O-]. The summed E-state index contributed by atoms with van der Waals surface area (Å²) in [6.45, 7) is 3.80. The van der Waals surface area contributed by atoms with Crippen LogP contribution in [0.15, 0.2) is 12.1 Å². The summed E-state index contributed by atoms with van der Waals surface area (Å²) in [4.78, 5) is 21.6. The highest BCUT2D eigenvalue weighted by Gasteiger charge is 2.17. The average Bonchev–Trinajstić information content (AvgIpc) is 2.31. The van der Waals surface area contributed by atoms with Gasteiger partial charge in [-0.1, -0.05) is 11.6 Å². The number of amides is 1. The van der Waals surface area contributed by atoms with Crippen LogP contribution in [0.1, 0.15) is 20.3 Å². The molecule has 0 radical (unpaired) electrons. The van der Waals surface area contributed by atoms with E-state index in [0.29, 0.717) is 0 Å². The van der Waals surface area contributed by atoms with Gasteiger partial charge in [-0.05, 0) is 13.8 Å². The molecule has 0 atom stereocenters. The molecule has 0 saturated heterocycles. The number of rotatable bonds is 6. The molecular weight excluding hydrogens is 289 g/mol. The zero-order chi connectivity index (χ0) is 15.3. The molecule has 2 N–H and O–H groups in total. The highest BCUT2D eigenvalue weighted by Crippen LogP contribution is 2.30. The van der Waals surface area contributed by atoms with Crippen molar-refractivity contribution < 1.29 is 14.1 Å². The molecular formula is C12H15ClFN3O3. The van der Waals surface area contributed by atoms with Gasteiger partial charge in [0.15, 0.2) is 0 Å². The topological polar surface area (TPSA) is 84.3 Å². The van der Waals surface area contributed by atoms with E-state index in [4.69, 9.17) is 11.6 Å². The van der Waals surface area contributed by atoms with Crippen LogP contribution in [0.3, 0.4) is 0 Å². The summed E-state index contributed by atoms with van der Waals surface area (Å²) in [5, 5.41) is 15.9. The Morgan fingerprint density at radius 3 is 2.70 bits per heavy atom. The Morgan fingerprint density at radius 1 is 1.50 bits per heavy atom. The van der Waals surface area contributed by atoms with Gasteiger partial charge in [0.25, 0.3) is 5.69 Å². The number of benzene rings is 1. The number of carbonyl (C=O) groups excluding carboxylic acids is 1. The second-order valence-electron chi connectivity index (χ2n) is 4.44. The fourth-order valence-electron chi connectivity index (χ4n) is 1.53. The summed E-state index contributed by atoms with van der Waals surface area (Å²) in [5.41, 5.74) is -0.338. The maximum absolute atomic E-state index is 13.3. The van der Waals surface area contributed by atoms with Crippen molar-refractivity contribution in [1.29, 1.82) is 0 Å². The molecule has 20 heavy (non-hydrogen) atoms. The summed E-state index contributed by atoms with van der Waals surface area (Å²) >= 11 is 5.50. The van der Waals surface area contributed by atoms with Crippen LogP contribution in [0, 0.1) is 15.9 Å². The van der Waals surface area contributed by atoms with E-state index >= 15 is 0 Å². The smallest absolute Gasteiger partial charge is 0.294 e. The minimum atomic E-state index is -0.758. The summed E-state index contributed by atoms with van der Waals surface area (Å²) in [5.74, 6) is -0.948. The van der Waals surface area contributed by atoms with Crippen molar-refractivity contribution in [3.05, 3.63) is 33.1 Å². The van der Waals surface area contributed by atoms with E-state index in [1.54, 1.807) is 0 Å². The fourth-order valence-corrected chi connectivity index (χ4v) is 1.69. The minimum Gasteiger partial charge on any atom is -0.379 e. The average molecular weight is 304 g/mol. The summed E-state index contributed by atoms with van der Waals surface area (Å²) in [6.07, 6.45) is 0.125. The third-order valence-corrected chi connectivity index (χ3v) is 2.64. The molecule has 0 saturated carbocycles. The van der Waals surface area contributed by atoms with E-state index in [2.05, 4.69) is 10.6 Å². The maximum atomic E-state index is 13.3. The Hall–Kier alpha value is -1.89. The van der Waals surface area contributed by atoms with Gasteiger partial charge in [-0.2, -0.15) is 0 Å². The van der Waals surface area contributed by atoms with Crippen LogP contribution in [-0.2, 0) is 4.79 Å². The number of nitrogens with zero attached hydrogens (tertiary/aromatic N) is 1. The number of hydrogen-bond acceptors (Lipinski definition) is 4. The van der Waals surface area contributed by atoms with Crippen molar-refractivity contribution in [2.45, 2.75) is 26.3 Å². The molecule has 0 aromatic heterocycles. The second-order valence-corrected chi connectivity index (χ2v) is 4.85. The first-order valence-corrected chi connectivity index (χ1v) is 6.35. The normalized spacial score (nSPS) is 10.4. The first-order chi connectivity index (χ1) is 9.31. The molecule has 1 aromatic carbocycles. The summed E-state index contributed by atoms with van der Waals surface area (Å²) in [6, 6.07) is 1.90. The quantitative estimate of drug-likeness (QED) is 0.625. The molecule has 0 bridgehead atoms. The molecule has 0 heterocycles. The highest BCUT2D eigenvalue weighted by molar-refractivity contribution is 6.31. The van der Waals surface area contributed by atoms with E-state index in [9.17, 15) is 19.3 Å². The summed E-state index contributed by atoms with van der Waals surface area (Å²) < 4.78 is 13.3. The lowest BCUT2D eigenvalue weighted by Crippen LogP contribution is -2.31. The molecule has 1 aromatic rings. The van der Waals surface area contributed by atoms with Gasteiger partial charge in [-0.25, -0.2) is 4.39 Å². The van der Waals surface area contributed by atoms with E-state index in [1.165, 1.54) is 0 Å². The number of carbonyl (C=O) groups is 1. The zero-order valence-electron chi connectivity index (χ0n) is 11.1. The van der Waals surface area contributed by atoms with Crippen molar-refractivity contribution in [3.63, 3.8) is 0 Å². The Labute approximate surface area is 120 Å². The highest BCUT2D eigenvalue weighted by atomic mass is 35.5. The van der Waals surface area contributed by atoms with Gasteiger partial charge < -0.3 is 10.6 Å². The van der Waals surface area contributed by atoms with Crippen molar-refractivity contribution in [2.75, 3.05) is 11.9 Å². The van der Waals surface area contributed by atoms with Gasteiger partial charge in [-0.3, -0.25) is 14.9 Å². The van der Waals surface area contributed by atoms with Crippen LogP contribution in [0.25, 0.3) is 0 Å². The van der Waals surface area contributed by atoms with Crippen LogP contribution in [0.5, 0.6) is 0 Å². The van der Waals surface area contributed by atoms with Crippen molar-refractivity contribution in [2.24, 2.45) is 0 Å². The Bertz CT molecular complexity index is 523. The Kier molecular flexibility index (Phi) is 5.69. The Morgan fingerprint density at radius 2 is 2.15 bits per heavy atom. The van der Waals surface area contributed by atoms with Gasteiger partial charge in [-0.15, -0.1) is 0 Å². The maximum Gasteiger partial charge on any atom is 0.294 e. The van der Waals surface area contributed by atoms with Crippen LogP contribution < -0.4 is 10.6 Å². The molecule has 0 aliphatic carbocycles. The zero-order valence-corrected chi connectivity index (χ0v) is 11.8. The molecule has 1 rings (SSSR count). The number of hydrogen-bond donors (Lipinski definition) is 2. The lowest BCUT2D eigenvalue weighted by atomic mass is 10.2. The van der Waals surface area contributed by atoms with Crippen molar-refractivity contribution in [1.82, 2.24) is 5.32 Å². The predicted octanol–water partition coefficient (Wildman–Crippen LogP) is 2.71. The number of nitro groups is 1. The van der Waals surface area contributed by atoms with Crippen LogP contribution in [0.2, 0.25) is 5.02 Å². The van der Waals surface area contributed by atoms with Gasteiger partial charge in [0, 0.05) is 31.1 Å². The lowest BCUT2D eigenvalue weighted by Gasteiger charge is -2.10. The number of anilines is 1. The minimum absolute atomic E-state index is 0.00533. The molecule has 110 valence electrons. The number of halogens is 2. The third kappa shape index (κ3) is 4.65. The van der Waals surface area contributed by atoms with E-state index in [-0.39, 0.29) is 41.3 Å². The van der Waals surface area contributed by atoms with Gasteiger partial charge >= 0.3 is 0 Å². The van der Waals surface area contributed by atoms with E-state index < -0.39 is 10.7 Å². The Balaban J connectivity index is 2.70.